The summed E-state index contributed by atoms with van der Waals surface area (Å²) >= 11 is 0. The number of nitrogens with one attached hydrogen (secondary N) is 1. The first-order chi connectivity index (χ1) is 9.69. The minimum Gasteiger partial charge on any atom is -0.312 e. The summed E-state index contributed by atoms with van der Waals surface area (Å²) in [5.74, 6) is 0.658. The molecule has 0 fully saturated rings. The van der Waals surface area contributed by atoms with Crippen molar-refractivity contribution in [2.45, 2.75) is 26.8 Å². The van der Waals surface area contributed by atoms with Gasteiger partial charge < -0.3 is 5.32 Å². The van der Waals surface area contributed by atoms with Crippen molar-refractivity contribution >= 4 is 0 Å². The number of hydrogen-bond acceptors (Lipinski definition) is 4. The third kappa shape index (κ3) is 2.17. The van der Waals surface area contributed by atoms with E-state index < -0.39 is 0 Å². The van der Waals surface area contributed by atoms with Crippen molar-refractivity contribution in [3.8, 4) is 17.5 Å². The summed E-state index contributed by atoms with van der Waals surface area (Å²) in [6.45, 7) is 5.75. The summed E-state index contributed by atoms with van der Waals surface area (Å²) in [4.78, 5) is 9.09. The van der Waals surface area contributed by atoms with E-state index in [4.69, 9.17) is 0 Å². The van der Waals surface area contributed by atoms with E-state index in [1.165, 1.54) is 11.1 Å². The van der Waals surface area contributed by atoms with Gasteiger partial charge in [-0.25, -0.2) is 9.97 Å². The van der Waals surface area contributed by atoms with Crippen molar-refractivity contribution in [1.29, 1.82) is 5.26 Å². The van der Waals surface area contributed by atoms with Gasteiger partial charge in [0.15, 0.2) is 5.82 Å². The highest BCUT2D eigenvalue weighted by Gasteiger charge is 2.18. The Kier molecular flexibility index (Phi) is 3.21. The maximum Gasteiger partial charge on any atom is 0.160 e. The first-order valence-corrected chi connectivity index (χ1v) is 6.77. The van der Waals surface area contributed by atoms with Gasteiger partial charge in [0.05, 0.1) is 5.69 Å². The number of nitriles is 1. The molecular weight excluding hydrogens is 248 g/mol. The van der Waals surface area contributed by atoms with Crippen LogP contribution in [0.3, 0.4) is 0 Å². The molecule has 0 saturated carbocycles. The van der Waals surface area contributed by atoms with Gasteiger partial charge in [-0.05, 0) is 31.0 Å². The van der Waals surface area contributed by atoms with Crippen LogP contribution in [-0.2, 0) is 13.0 Å². The molecule has 4 heteroatoms. The van der Waals surface area contributed by atoms with Crippen LogP contribution in [0.2, 0.25) is 0 Å². The Balaban J connectivity index is 2.14. The van der Waals surface area contributed by atoms with Crippen LogP contribution >= 0.6 is 0 Å². The Morgan fingerprint density at radius 1 is 1.20 bits per heavy atom. The molecule has 20 heavy (non-hydrogen) atoms. The number of benzene rings is 1. The smallest absolute Gasteiger partial charge is 0.160 e. The number of rotatable bonds is 1. The highest BCUT2D eigenvalue weighted by molar-refractivity contribution is 5.59. The van der Waals surface area contributed by atoms with E-state index in [1.54, 1.807) is 0 Å². The van der Waals surface area contributed by atoms with Crippen LogP contribution in [0.4, 0.5) is 0 Å². The van der Waals surface area contributed by atoms with Gasteiger partial charge in [0.25, 0.3) is 0 Å². The Bertz CT molecular complexity index is 713. The summed E-state index contributed by atoms with van der Waals surface area (Å²) < 4.78 is 0. The van der Waals surface area contributed by atoms with Crippen LogP contribution in [-0.4, -0.2) is 16.5 Å². The predicted octanol–water partition coefficient (Wildman–Crippen LogP) is 2.28. The number of aromatic nitrogens is 2. The Hall–Kier alpha value is -2.25. The van der Waals surface area contributed by atoms with E-state index in [-0.39, 0.29) is 0 Å². The lowest BCUT2D eigenvalue weighted by molar-refractivity contribution is 0.624. The zero-order chi connectivity index (χ0) is 14.1. The molecule has 2 aromatic rings. The van der Waals surface area contributed by atoms with Crippen LogP contribution in [0.25, 0.3) is 11.4 Å². The molecule has 0 aliphatic carbocycles. The molecule has 2 heterocycles. The number of hydrogen-bond donors (Lipinski definition) is 1. The Labute approximate surface area is 118 Å². The van der Waals surface area contributed by atoms with Crippen LogP contribution in [0, 0.1) is 25.2 Å². The SMILES string of the molecule is Cc1ccc(-c2nc(C#N)c3c(n2)CCNC3)cc1C. The molecule has 1 aromatic heterocycles. The van der Waals surface area contributed by atoms with E-state index in [0.717, 1.165) is 29.8 Å². The molecule has 1 N–H and O–H groups in total. The standard InChI is InChI=1S/C16H16N4/c1-10-3-4-12(7-11(10)2)16-19-14-5-6-18-9-13(14)15(8-17)20-16/h3-4,7,18H,5-6,9H2,1-2H3. The van der Waals surface area contributed by atoms with E-state index in [2.05, 4.69) is 47.3 Å². The molecule has 0 amide bonds. The lowest BCUT2D eigenvalue weighted by atomic mass is 10.0. The second-order valence-corrected chi connectivity index (χ2v) is 5.16. The monoisotopic (exact) mass is 264 g/mol. The topological polar surface area (TPSA) is 61.6 Å². The van der Waals surface area contributed by atoms with Gasteiger partial charge in [-0.15, -0.1) is 0 Å². The van der Waals surface area contributed by atoms with Crippen LogP contribution in [0.5, 0.6) is 0 Å². The van der Waals surface area contributed by atoms with Gasteiger partial charge in [-0.3, -0.25) is 0 Å². The lowest BCUT2D eigenvalue weighted by Gasteiger charge is -2.17. The fraction of sp³-hybridized carbons (Fsp3) is 0.312. The first-order valence-electron chi connectivity index (χ1n) is 6.77. The molecule has 1 aromatic carbocycles. The third-order valence-electron chi connectivity index (χ3n) is 3.80. The molecule has 0 bridgehead atoms. The average Bonchev–Trinajstić information content (AvgIpc) is 2.49. The minimum absolute atomic E-state index is 0.496. The van der Waals surface area contributed by atoms with Crippen molar-refractivity contribution in [2.75, 3.05) is 6.54 Å². The molecule has 0 saturated heterocycles. The lowest BCUT2D eigenvalue weighted by Crippen LogP contribution is -2.26. The van der Waals surface area contributed by atoms with Crippen molar-refractivity contribution in [3.05, 3.63) is 46.3 Å². The van der Waals surface area contributed by atoms with Crippen molar-refractivity contribution in [1.82, 2.24) is 15.3 Å². The summed E-state index contributed by atoms with van der Waals surface area (Å²) in [7, 11) is 0. The highest BCUT2D eigenvalue weighted by Crippen LogP contribution is 2.23. The second-order valence-electron chi connectivity index (χ2n) is 5.16. The molecular formula is C16H16N4. The molecule has 0 unspecified atom stereocenters. The number of aryl methyl sites for hydroxylation is 2. The zero-order valence-corrected chi connectivity index (χ0v) is 11.7. The molecule has 0 radical (unpaired) electrons. The average molecular weight is 264 g/mol. The summed E-state index contributed by atoms with van der Waals surface area (Å²) in [6.07, 6.45) is 0.852. The molecule has 100 valence electrons. The van der Waals surface area contributed by atoms with Gasteiger partial charge in [-0.2, -0.15) is 5.26 Å². The van der Waals surface area contributed by atoms with Crippen molar-refractivity contribution < 1.29 is 0 Å². The largest absolute Gasteiger partial charge is 0.312 e. The maximum atomic E-state index is 9.30. The third-order valence-corrected chi connectivity index (χ3v) is 3.80. The fourth-order valence-electron chi connectivity index (χ4n) is 2.45. The van der Waals surface area contributed by atoms with E-state index in [0.29, 0.717) is 18.1 Å². The first kappa shape index (κ1) is 12.8. The van der Waals surface area contributed by atoms with Gasteiger partial charge >= 0.3 is 0 Å². The Morgan fingerprint density at radius 3 is 2.80 bits per heavy atom. The van der Waals surface area contributed by atoms with Gasteiger partial charge in [-0.1, -0.05) is 12.1 Å². The number of nitrogens with zero attached hydrogens (tertiary/aromatic N) is 3. The summed E-state index contributed by atoms with van der Waals surface area (Å²) in [6, 6.07) is 8.37. The van der Waals surface area contributed by atoms with Crippen LogP contribution in [0.15, 0.2) is 18.2 Å². The van der Waals surface area contributed by atoms with Gasteiger partial charge in [0.1, 0.15) is 11.8 Å². The zero-order valence-electron chi connectivity index (χ0n) is 11.7. The van der Waals surface area contributed by atoms with Crippen molar-refractivity contribution in [3.63, 3.8) is 0 Å². The highest BCUT2D eigenvalue weighted by atomic mass is 14.9. The van der Waals surface area contributed by atoms with Gasteiger partial charge in [0, 0.05) is 30.6 Å². The van der Waals surface area contributed by atoms with E-state index >= 15 is 0 Å². The quantitative estimate of drug-likeness (QED) is 0.858. The van der Waals surface area contributed by atoms with Gasteiger partial charge in [0.2, 0.25) is 0 Å². The normalized spacial score (nSPS) is 13.7. The maximum absolute atomic E-state index is 9.30. The molecule has 0 atom stereocenters. The summed E-state index contributed by atoms with van der Waals surface area (Å²) in [5.41, 5.74) is 5.89. The van der Waals surface area contributed by atoms with Crippen LogP contribution in [0.1, 0.15) is 28.1 Å². The van der Waals surface area contributed by atoms with E-state index in [9.17, 15) is 5.26 Å². The second kappa shape index (κ2) is 5.03. The van der Waals surface area contributed by atoms with Crippen LogP contribution < -0.4 is 5.32 Å². The molecule has 1 aliphatic heterocycles. The molecule has 3 rings (SSSR count). The Morgan fingerprint density at radius 2 is 2.05 bits per heavy atom. The fourth-order valence-corrected chi connectivity index (χ4v) is 2.45. The summed E-state index contributed by atoms with van der Waals surface area (Å²) in [5, 5.41) is 12.6. The molecule has 1 aliphatic rings. The molecule has 0 spiro atoms. The van der Waals surface area contributed by atoms with Crippen molar-refractivity contribution in [2.24, 2.45) is 0 Å². The molecule has 4 nitrogen and oxygen atoms in total. The van der Waals surface area contributed by atoms with E-state index in [1.807, 2.05) is 6.07 Å². The predicted molar refractivity (Wildman–Crippen MR) is 77.1 cm³/mol. The number of fused-ring (bicyclic) bond motifs is 1. The minimum atomic E-state index is 0.496.